The molecule has 0 aromatic carbocycles. The van der Waals surface area contributed by atoms with Gasteiger partial charge in [0.1, 0.15) is 0 Å². The molecule has 10 heavy (non-hydrogen) atoms. The molecule has 0 spiro atoms. The van der Waals surface area contributed by atoms with Crippen LogP contribution in [0.25, 0.3) is 0 Å². The van der Waals surface area contributed by atoms with Crippen LogP contribution in [0.5, 0.6) is 0 Å². The van der Waals surface area contributed by atoms with Gasteiger partial charge in [-0.1, -0.05) is 25.5 Å². The van der Waals surface area contributed by atoms with E-state index in [4.69, 9.17) is 0 Å². The molecule has 0 aliphatic heterocycles. The van der Waals surface area contributed by atoms with E-state index in [0.717, 1.165) is 13.0 Å². The lowest BCUT2D eigenvalue weighted by Crippen LogP contribution is -2.07. The van der Waals surface area contributed by atoms with E-state index in [9.17, 15) is 0 Å². The predicted octanol–water partition coefficient (Wildman–Crippen LogP) is 2.34. The molecule has 0 bridgehead atoms. The van der Waals surface area contributed by atoms with E-state index in [-0.39, 0.29) is 0 Å². The van der Waals surface area contributed by atoms with E-state index >= 15 is 0 Å². The molecule has 0 heterocycles. The van der Waals surface area contributed by atoms with Crippen LogP contribution < -0.4 is 5.32 Å². The van der Waals surface area contributed by atoms with Gasteiger partial charge in [0.15, 0.2) is 0 Å². The molecule has 1 heteroatoms. The first-order chi connectivity index (χ1) is 4.81. The lowest BCUT2D eigenvalue weighted by Gasteiger charge is -2.02. The Labute approximate surface area is 64.5 Å². The summed E-state index contributed by atoms with van der Waals surface area (Å²) in [5, 5.41) is 3.11. The van der Waals surface area contributed by atoms with E-state index < -0.39 is 0 Å². The molecule has 0 rings (SSSR count). The van der Waals surface area contributed by atoms with Gasteiger partial charge >= 0.3 is 0 Å². The standard InChI is InChI=1S/C9H19N/c1-4-5-6-9(2)7-8-10-3/h10H,2,4-8H2,1,3H3. The summed E-state index contributed by atoms with van der Waals surface area (Å²) in [7, 11) is 1.98. The topological polar surface area (TPSA) is 12.0 Å². The summed E-state index contributed by atoms with van der Waals surface area (Å²) in [6, 6.07) is 0. The Bertz CT molecular complexity index is 76.7. The second-order valence-corrected chi connectivity index (χ2v) is 2.71. The van der Waals surface area contributed by atoms with Gasteiger partial charge in [0.05, 0.1) is 0 Å². The molecule has 0 fully saturated rings. The van der Waals surface area contributed by atoms with Crippen molar-refractivity contribution in [2.45, 2.75) is 32.6 Å². The molecule has 0 aliphatic carbocycles. The molecule has 0 amide bonds. The van der Waals surface area contributed by atoms with Crippen molar-refractivity contribution < 1.29 is 0 Å². The number of hydrogen-bond donors (Lipinski definition) is 1. The zero-order valence-corrected chi connectivity index (χ0v) is 7.24. The molecule has 0 aromatic heterocycles. The fourth-order valence-electron chi connectivity index (χ4n) is 0.854. The van der Waals surface area contributed by atoms with Crippen molar-refractivity contribution in [3.63, 3.8) is 0 Å². The zero-order valence-electron chi connectivity index (χ0n) is 7.24. The predicted molar refractivity (Wildman–Crippen MR) is 47.2 cm³/mol. The quantitative estimate of drug-likeness (QED) is 0.560. The van der Waals surface area contributed by atoms with Crippen molar-refractivity contribution in [1.29, 1.82) is 0 Å². The average Bonchev–Trinajstić information content (AvgIpc) is 1.97. The van der Waals surface area contributed by atoms with Gasteiger partial charge in [-0.2, -0.15) is 0 Å². The third kappa shape index (κ3) is 5.83. The summed E-state index contributed by atoms with van der Waals surface area (Å²) in [4.78, 5) is 0. The Kier molecular flexibility index (Phi) is 6.61. The van der Waals surface area contributed by atoms with Crippen LogP contribution in [-0.4, -0.2) is 13.6 Å². The molecular weight excluding hydrogens is 122 g/mol. The van der Waals surface area contributed by atoms with E-state index in [1.165, 1.54) is 24.8 Å². The second kappa shape index (κ2) is 6.81. The number of hydrogen-bond acceptors (Lipinski definition) is 1. The monoisotopic (exact) mass is 141 g/mol. The lowest BCUT2D eigenvalue weighted by molar-refractivity contribution is 0.720. The Morgan fingerprint density at radius 2 is 2.10 bits per heavy atom. The van der Waals surface area contributed by atoms with Gasteiger partial charge in [-0.3, -0.25) is 0 Å². The first kappa shape index (κ1) is 9.70. The molecule has 0 saturated carbocycles. The Morgan fingerprint density at radius 1 is 1.40 bits per heavy atom. The van der Waals surface area contributed by atoms with Gasteiger partial charge in [0, 0.05) is 0 Å². The molecule has 0 aliphatic rings. The van der Waals surface area contributed by atoms with Crippen LogP contribution in [-0.2, 0) is 0 Å². The van der Waals surface area contributed by atoms with Crippen molar-refractivity contribution in [3.8, 4) is 0 Å². The van der Waals surface area contributed by atoms with Crippen LogP contribution in [0.15, 0.2) is 12.2 Å². The van der Waals surface area contributed by atoms with E-state index in [1.807, 2.05) is 7.05 Å². The molecule has 0 saturated heterocycles. The third-order valence-corrected chi connectivity index (χ3v) is 1.61. The highest BCUT2D eigenvalue weighted by Crippen LogP contribution is 2.07. The average molecular weight is 141 g/mol. The summed E-state index contributed by atoms with van der Waals surface area (Å²) in [6.45, 7) is 7.28. The minimum Gasteiger partial charge on any atom is -0.319 e. The highest BCUT2D eigenvalue weighted by molar-refractivity contribution is 4.93. The van der Waals surface area contributed by atoms with Crippen LogP contribution in [0.1, 0.15) is 32.6 Å². The van der Waals surface area contributed by atoms with Gasteiger partial charge in [-0.15, -0.1) is 0 Å². The summed E-state index contributed by atoms with van der Waals surface area (Å²) in [5.74, 6) is 0. The Morgan fingerprint density at radius 3 is 2.60 bits per heavy atom. The first-order valence-electron chi connectivity index (χ1n) is 4.12. The molecule has 1 nitrogen and oxygen atoms in total. The molecule has 0 radical (unpaired) electrons. The van der Waals surface area contributed by atoms with Crippen molar-refractivity contribution in [3.05, 3.63) is 12.2 Å². The molecule has 60 valence electrons. The van der Waals surface area contributed by atoms with Crippen LogP contribution in [0, 0.1) is 0 Å². The van der Waals surface area contributed by atoms with Crippen molar-refractivity contribution in [2.24, 2.45) is 0 Å². The molecule has 0 unspecified atom stereocenters. The van der Waals surface area contributed by atoms with Crippen LogP contribution in [0.2, 0.25) is 0 Å². The normalized spacial score (nSPS) is 9.80. The van der Waals surface area contributed by atoms with Crippen molar-refractivity contribution >= 4 is 0 Å². The Balaban J connectivity index is 3.09. The van der Waals surface area contributed by atoms with Gasteiger partial charge < -0.3 is 5.32 Å². The summed E-state index contributed by atoms with van der Waals surface area (Å²) < 4.78 is 0. The van der Waals surface area contributed by atoms with Gasteiger partial charge in [-0.05, 0) is 32.9 Å². The second-order valence-electron chi connectivity index (χ2n) is 2.71. The Hall–Kier alpha value is -0.300. The van der Waals surface area contributed by atoms with E-state index in [2.05, 4.69) is 18.8 Å². The van der Waals surface area contributed by atoms with Gasteiger partial charge in [0.2, 0.25) is 0 Å². The molecule has 0 atom stereocenters. The minimum absolute atomic E-state index is 1.07. The van der Waals surface area contributed by atoms with Crippen molar-refractivity contribution in [2.75, 3.05) is 13.6 Å². The molecular formula is C9H19N. The number of nitrogens with one attached hydrogen (secondary N) is 1. The highest BCUT2D eigenvalue weighted by Gasteiger charge is 1.91. The summed E-state index contributed by atoms with van der Waals surface area (Å²) >= 11 is 0. The fraction of sp³-hybridized carbons (Fsp3) is 0.778. The largest absolute Gasteiger partial charge is 0.319 e. The van der Waals surface area contributed by atoms with Crippen LogP contribution in [0.4, 0.5) is 0 Å². The number of rotatable bonds is 6. The fourth-order valence-corrected chi connectivity index (χ4v) is 0.854. The maximum Gasteiger partial charge on any atom is -0.00147 e. The van der Waals surface area contributed by atoms with E-state index in [1.54, 1.807) is 0 Å². The lowest BCUT2D eigenvalue weighted by atomic mass is 10.1. The zero-order chi connectivity index (χ0) is 7.82. The van der Waals surface area contributed by atoms with Gasteiger partial charge in [0.25, 0.3) is 0 Å². The minimum atomic E-state index is 1.07. The maximum absolute atomic E-state index is 3.99. The first-order valence-corrected chi connectivity index (χ1v) is 4.12. The maximum atomic E-state index is 3.99. The number of unbranched alkanes of at least 4 members (excludes halogenated alkanes) is 1. The molecule has 1 N–H and O–H groups in total. The van der Waals surface area contributed by atoms with E-state index in [0.29, 0.717) is 0 Å². The third-order valence-electron chi connectivity index (χ3n) is 1.61. The van der Waals surface area contributed by atoms with Crippen molar-refractivity contribution in [1.82, 2.24) is 5.32 Å². The van der Waals surface area contributed by atoms with Crippen LogP contribution >= 0.6 is 0 Å². The molecule has 0 aromatic rings. The van der Waals surface area contributed by atoms with Crippen LogP contribution in [0.3, 0.4) is 0 Å². The SMILES string of the molecule is C=C(CCCC)CCNC. The summed E-state index contributed by atoms with van der Waals surface area (Å²) in [6.07, 6.45) is 4.91. The summed E-state index contributed by atoms with van der Waals surface area (Å²) in [5.41, 5.74) is 1.39. The van der Waals surface area contributed by atoms with Gasteiger partial charge in [-0.25, -0.2) is 0 Å². The smallest absolute Gasteiger partial charge is 0.00147 e. The highest BCUT2D eigenvalue weighted by atomic mass is 14.8.